The lowest BCUT2D eigenvalue weighted by Crippen LogP contribution is -2.56. The summed E-state index contributed by atoms with van der Waals surface area (Å²) in [5.41, 5.74) is 0. The van der Waals surface area contributed by atoms with Gasteiger partial charge in [-0.15, -0.1) is 0 Å². The zero-order valence-corrected chi connectivity index (χ0v) is 8.83. The Morgan fingerprint density at radius 2 is 1.44 bits per heavy atom. The second-order valence-corrected chi connectivity index (χ2v) is 3.59. The zero-order valence-electron chi connectivity index (χ0n) is 8.83. The summed E-state index contributed by atoms with van der Waals surface area (Å²) in [6.45, 7) is -0.942. The molecule has 6 N–H and O–H groups in total. The van der Waals surface area contributed by atoms with Crippen LogP contribution < -0.4 is 0 Å². The minimum atomic E-state index is -3.16. The van der Waals surface area contributed by atoms with Crippen molar-refractivity contribution in [3.63, 3.8) is 0 Å². The molecular weight excluding hydrogens is 256 g/mol. The first-order chi connectivity index (χ1) is 8.23. The highest BCUT2D eigenvalue weighted by Gasteiger charge is 2.57. The van der Waals surface area contributed by atoms with Gasteiger partial charge in [0.2, 0.25) is 0 Å². The van der Waals surface area contributed by atoms with Gasteiger partial charge in [-0.05, 0) is 0 Å². The van der Waals surface area contributed by atoms with Crippen molar-refractivity contribution in [2.45, 2.75) is 30.4 Å². The average molecular weight is 268 g/mol. The van der Waals surface area contributed by atoms with Crippen LogP contribution >= 0.6 is 0 Å². The molecule has 104 valence electrons. The zero-order chi connectivity index (χ0) is 14.1. The number of esters is 2. The molecule has 0 aromatic heterocycles. The molecule has 0 bridgehead atoms. The molecule has 0 radical (unpaired) electrons. The van der Waals surface area contributed by atoms with Crippen LogP contribution in [0.4, 0.5) is 0 Å². The quantitative estimate of drug-likeness (QED) is 0.209. The summed E-state index contributed by atoms with van der Waals surface area (Å²) in [6.07, 6.45) is -8.60. The lowest BCUT2D eigenvalue weighted by molar-refractivity contribution is -0.351. The summed E-state index contributed by atoms with van der Waals surface area (Å²) < 4.78 is 7.97. The van der Waals surface area contributed by atoms with Crippen LogP contribution in [0, 0.1) is 0 Å². The van der Waals surface area contributed by atoms with E-state index in [2.05, 4.69) is 9.47 Å². The summed E-state index contributed by atoms with van der Waals surface area (Å²) in [5, 5.41) is 55.0. The fourth-order valence-corrected chi connectivity index (χ4v) is 1.23. The summed E-state index contributed by atoms with van der Waals surface area (Å²) in [7, 11) is 0. The summed E-state index contributed by atoms with van der Waals surface area (Å²) in [4.78, 5) is 21.4. The molecule has 0 aromatic rings. The average Bonchev–Trinajstić information content (AvgIpc) is 2.60. The molecule has 1 aliphatic rings. The Balaban J connectivity index is 2.78. The summed E-state index contributed by atoms with van der Waals surface area (Å²) in [5.74, 6) is -6.36. The summed E-state index contributed by atoms with van der Waals surface area (Å²) in [6, 6.07) is 0. The van der Waals surface area contributed by atoms with Crippen molar-refractivity contribution in [3.05, 3.63) is 0 Å². The third kappa shape index (κ3) is 2.58. The molecule has 10 nitrogen and oxygen atoms in total. The molecule has 1 rings (SSSR count). The van der Waals surface area contributed by atoms with Crippen LogP contribution in [0.15, 0.2) is 0 Å². The van der Waals surface area contributed by atoms with Crippen molar-refractivity contribution in [3.8, 4) is 0 Å². The molecule has 10 heteroatoms. The first-order valence-electron chi connectivity index (χ1n) is 4.74. The minimum Gasteiger partial charge on any atom is -0.394 e. The Morgan fingerprint density at radius 1 is 1.00 bits per heavy atom. The molecule has 0 saturated carbocycles. The SMILES string of the molecule is O=C1OC(O)([C@H](O)[C@H](O)[C@H](O)[C@@H](O)CO)OC1=O. The number of ether oxygens (including phenoxy) is 2. The Bertz CT molecular complexity index is 325. The normalized spacial score (nSPS) is 25.0. The summed E-state index contributed by atoms with van der Waals surface area (Å²) >= 11 is 0. The first kappa shape index (κ1) is 14.8. The third-order valence-electron chi connectivity index (χ3n) is 2.27. The lowest BCUT2D eigenvalue weighted by Gasteiger charge is -2.31. The van der Waals surface area contributed by atoms with Crippen molar-refractivity contribution in [1.29, 1.82) is 0 Å². The van der Waals surface area contributed by atoms with E-state index in [1.165, 1.54) is 0 Å². The van der Waals surface area contributed by atoms with Crippen LogP contribution in [-0.2, 0) is 19.1 Å². The number of cyclic esters (lactones) is 2. The molecule has 18 heavy (non-hydrogen) atoms. The monoisotopic (exact) mass is 268 g/mol. The molecule has 0 amide bonds. The van der Waals surface area contributed by atoms with Crippen LogP contribution in [0.3, 0.4) is 0 Å². The molecule has 0 aliphatic carbocycles. The topological polar surface area (TPSA) is 174 Å². The van der Waals surface area contributed by atoms with Gasteiger partial charge in [0.05, 0.1) is 6.61 Å². The fraction of sp³-hybridized carbons (Fsp3) is 0.750. The number of hydrogen-bond acceptors (Lipinski definition) is 10. The predicted molar refractivity (Wildman–Crippen MR) is 48.2 cm³/mol. The number of hydrogen-bond donors (Lipinski definition) is 6. The molecule has 0 aromatic carbocycles. The highest BCUT2D eigenvalue weighted by Crippen LogP contribution is 2.25. The van der Waals surface area contributed by atoms with Crippen LogP contribution in [0.25, 0.3) is 0 Å². The van der Waals surface area contributed by atoms with E-state index < -0.39 is 48.9 Å². The fourth-order valence-electron chi connectivity index (χ4n) is 1.23. The van der Waals surface area contributed by atoms with Crippen molar-refractivity contribution in [2.75, 3.05) is 6.61 Å². The van der Waals surface area contributed by atoms with E-state index in [0.29, 0.717) is 0 Å². The number of carbonyl (C=O) groups excluding carboxylic acids is 2. The molecule has 1 fully saturated rings. The third-order valence-corrected chi connectivity index (χ3v) is 2.27. The van der Waals surface area contributed by atoms with E-state index in [-0.39, 0.29) is 0 Å². The molecule has 0 spiro atoms. The van der Waals surface area contributed by atoms with Crippen molar-refractivity contribution < 1.29 is 49.7 Å². The standard InChI is InChI=1S/C8H12O10/c9-1-2(10)3(11)4(12)5(13)8(16)17-6(14)7(15)18-8/h2-5,9-13,16H,1H2/t2-,3+,4+,5+/m0/s1. The van der Waals surface area contributed by atoms with E-state index in [1.54, 1.807) is 0 Å². The Morgan fingerprint density at radius 3 is 1.83 bits per heavy atom. The van der Waals surface area contributed by atoms with Gasteiger partial charge >= 0.3 is 17.9 Å². The highest BCUT2D eigenvalue weighted by atomic mass is 16.9. The molecule has 4 atom stereocenters. The van der Waals surface area contributed by atoms with Gasteiger partial charge < -0.3 is 40.1 Å². The Labute approximate surface area is 99.6 Å². The van der Waals surface area contributed by atoms with Crippen LogP contribution in [0.2, 0.25) is 0 Å². The van der Waals surface area contributed by atoms with Crippen molar-refractivity contribution in [2.24, 2.45) is 0 Å². The smallest absolute Gasteiger partial charge is 0.394 e. The van der Waals surface area contributed by atoms with Gasteiger partial charge in [-0.3, -0.25) is 0 Å². The predicted octanol–water partition coefficient (Wildman–Crippen LogP) is -4.83. The van der Waals surface area contributed by atoms with Gasteiger partial charge in [-0.25, -0.2) is 9.59 Å². The molecule has 1 heterocycles. The van der Waals surface area contributed by atoms with Crippen molar-refractivity contribution >= 4 is 11.9 Å². The van der Waals surface area contributed by atoms with E-state index in [1.807, 2.05) is 0 Å². The van der Waals surface area contributed by atoms with Gasteiger partial charge in [0.25, 0.3) is 0 Å². The van der Waals surface area contributed by atoms with Crippen molar-refractivity contribution in [1.82, 2.24) is 0 Å². The van der Waals surface area contributed by atoms with Gasteiger partial charge in [-0.1, -0.05) is 0 Å². The second kappa shape index (κ2) is 5.14. The Kier molecular flexibility index (Phi) is 4.21. The molecular formula is C8H12O10. The van der Waals surface area contributed by atoms with E-state index in [9.17, 15) is 30.0 Å². The number of aliphatic hydroxyl groups is 6. The number of carbonyl (C=O) groups is 2. The van der Waals surface area contributed by atoms with Crippen LogP contribution in [0.5, 0.6) is 0 Å². The first-order valence-corrected chi connectivity index (χ1v) is 4.74. The number of aliphatic hydroxyl groups excluding tert-OH is 5. The largest absolute Gasteiger partial charge is 0.422 e. The maximum Gasteiger partial charge on any atom is 0.422 e. The molecule has 1 saturated heterocycles. The van der Waals surface area contributed by atoms with Crippen LogP contribution in [0.1, 0.15) is 0 Å². The Hall–Kier alpha value is -1.30. The maximum atomic E-state index is 10.7. The molecule has 0 unspecified atom stereocenters. The van der Waals surface area contributed by atoms with Gasteiger partial charge in [0.1, 0.15) is 18.3 Å². The van der Waals surface area contributed by atoms with Gasteiger partial charge in [-0.2, -0.15) is 0 Å². The minimum absolute atomic E-state index is 0.942. The van der Waals surface area contributed by atoms with Gasteiger partial charge in [0.15, 0.2) is 6.10 Å². The number of rotatable bonds is 5. The lowest BCUT2D eigenvalue weighted by atomic mass is 10.0. The van der Waals surface area contributed by atoms with E-state index >= 15 is 0 Å². The van der Waals surface area contributed by atoms with E-state index in [0.717, 1.165) is 0 Å². The second-order valence-electron chi connectivity index (χ2n) is 3.59. The van der Waals surface area contributed by atoms with Crippen LogP contribution in [-0.4, -0.2) is 79.6 Å². The highest BCUT2D eigenvalue weighted by molar-refractivity contribution is 6.31. The van der Waals surface area contributed by atoms with Gasteiger partial charge in [0, 0.05) is 0 Å². The molecule has 1 aliphatic heterocycles. The van der Waals surface area contributed by atoms with E-state index in [4.69, 9.17) is 10.2 Å². The maximum absolute atomic E-state index is 10.7.